The van der Waals surface area contributed by atoms with E-state index in [9.17, 15) is 4.79 Å². The molecule has 2 aromatic rings. The molecule has 1 fully saturated rings. The number of carbonyl (C=O) groups excluding carboxylic acids is 1. The number of benzene rings is 1. The van der Waals surface area contributed by atoms with Crippen molar-refractivity contribution in [3.05, 3.63) is 18.2 Å². The van der Waals surface area contributed by atoms with E-state index in [0.29, 0.717) is 6.04 Å². The second kappa shape index (κ2) is 5.13. The number of anilines is 1. The Kier molecular flexibility index (Phi) is 3.43. The molecule has 0 spiro atoms. The van der Waals surface area contributed by atoms with Crippen LogP contribution in [0, 0.1) is 5.41 Å². The summed E-state index contributed by atoms with van der Waals surface area (Å²) >= 11 is 0. The van der Waals surface area contributed by atoms with Crippen LogP contribution in [0.4, 0.5) is 5.69 Å². The van der Waals surface area contributed by atoms with Crippen molar-refractivity contribution in [1.82, 2.24) is 15.0 Å². The van der Waals surface area contributed by atoms with Gasteiger partial charge in [0.15, 0.2) is 0 Å². The summed E-state index contributed by atoms with van der Waals surface area (Å²) in [5.74, 6) is 0.00466. The van der Waals surface area contributed by atoms with E-state index in [-0.39, 0.29) is 5.91 Å². The van der Waals surface area contributed by atoms with E-state index >= 15 is 0 Å². The van der Waals surface area contributed by atoms with Gasteiger partial charge < -0.3 is 5.32 Å². The second-order valence-electron chi connectivity index (χ2n) is 6.87. The molecule has 5 heteroatoms. The third-order valence-electron chi connectivity index (χ3n) is 3.99. The van der Waals surface area contributed by atoms with E-state index < -0.39 is 5.41 Å². The minimum Gasteiger partial charge on any atom is -0.326 e. The van der Waals surface area contributed by atoms with Crippen molar-refractivity contribution in [2.75, 3.05) is 5.32 Å². The Hall–Kier alpha value is -1.91. The Morgan fingerprint density at radius 2 is 1.86 bits per heavy atom. The zero-order chi connectivity index (χ0) is 15.0. The average molecular weight is 286 g/mol. The Bertz CT molecular complexity index is 662. The van der Waals surface area contributed by atoms with Crippen LogP contribution < -0.4 is 5.32 Å². The van der Waals surface area contributed by atoms with Gasteiger partial charge >= 0.3 is 0 Å². The van der Waals surface area contributed by atoms with Crippen molar-refractivity contribution < 1.29 is 4.79 Å². The molecule has 0 radical (unpaired) electrons. The molecule has 1 aliphatic rings. The first-order valence-electron chi connectivity index (χ1n) is 7.61. The quantitative estimate of drug-likeness (QED) is 0.918. The lowest BCUT2D eigenvalue weighted by atomic mass is 9.95. The predicted molar refractivity (Wildman–Crippen MR) is 83.1 cm³/mol. The normalized spacial score (nSPS) is 16.5. The first-order valence-corrected chi connectivity index (χ1v) is 7.61. The fourth-order valence-electron chi connectivity index (χ4n) is 2.63. The molecular formula is C16H22N4O. The van der Waals surface area contributed by atoms with Crippen LogP contribution in [0.15, 0.2) is 18.2 Å². The molecule has 3 rings (SSSR count). The summed E-state index contributed by atoms with van der Waals surface area (Å²) < 4.78 is 0. The largest absolute Gasteiger partial charge is 0.326 e. The molecule has 0 unspecified atom stereocenters. The van der Waals surface area contributed by atoms with Crippen LogP contribution in [0.3, 0.4) is 0 Å². The summed E-state index contributed by atoms with van der Waals surface area (Å²) in [6, 6.07) is 6.15. The van der Waals surface area contributed by atoms with E-state index in [1.54, 1.807) is 0 Å². The molecule has 112 valence electrons. The van der Waals surface area contributed by atoms with Crippen molar-refractivity contribution in [2.45, 2.75) is 52.5 Å². The van der Waals surface area contributed by atoms with Crippen LogP contribution in [-0.2, 0) is 4.79 Å². The first-order chi connectivity index (χ1) is 9.93. The number of fused-ring (bicyclic) bond motifs is 1. The van der Waals surface area contributed by atoms with Crippen molar-refractivity contribution in [1.29, 1.82) is 0 Å². The molecule has 5 nitrogen and oxygen atoms in total. The van der Waals surface area contributed by atoms with Gasteiger partial charge in [-0.05, 0) is 31.0 Å². The maximum Gasteiger partial charge on any atom is 0.229 e. The molecular weight excluding hydrogens is 264 g/mol. The SMILES string of the molecule is CC(C)(C)C(=O)Nc1ccc2nn(C3CCCC3)nc2c1. The standard InChI is InChI=1S/C16H22N4O/c1-16(2,3)15(21)17-11-8-9-13-14(10-11)19-20(18-13)12-6-4-5-7-12/h8-10,12H,4-7H2,1-3H3,(H,17,21). The fraction of sp³-hybridized carbons (Fsp3) is 0.562. The topological polar surface area (TPSA) is 59.8 Å². The number of hydrogen-bond donors (Lipinski definition) is 1. The summed E-state index contributed by atoms with van der Waals surface area (Å²) in [5.41, 5.74) is 2.10. The number of aromatic nitrogens is 3. The molecule has 1 N–H and O–H groups in total. The van der Waals surface area contributed by atoms with Gasteiger partial charge in [0.25, 0.3) is 0 Å². The number of hydrogen-bond acceptors (Lipinski definition) is 3. The highest BCUT2D eigenvalue weighted by atomic mass is 16.2. The van der Waals surface area contributed by atoms with Crippen LogP contribution >= 0.6 is 0 Å². The predicted octanol–water partition coefficient (Wildman–Crippen LogP) is 3.53. The first kappa shape index (κ1) is 14.0. The van der Waals surface area contributed by atoms with Crippen LogP contribution in [0.2, 0.25) is 0 Å². The van der Waals surface area contributed by atoms with Gasteiger partial charge in [0, 0.05) is 11.1 Å². The molecule has 1 saturated carbocycles. The molecule has 1 aromatic carbocycles. The van der Waals surface area contributed by atoms with Gasteiger partial charge in [0.1, 0.15) is 11.0 Å². The smallest absolute Gasteiger partial charge is 0.229 e. The Balaban J connectivity index is 1.84. The molecule has 1 amide bonds. The highest BCUT2D eigenvalue weighted by molar-refractivity contribution is 5.96. The number of nitrogens with zero attached hydrogens (tertiary/aromatic N) is 3. The number of carbonyl (C=O) groups is 1. The summed E-state index contributed by atoms with van der Waals surface area (Å²) in [6.45, 7) is 5.70. The second-order valence-corrected chi connectivity index (χ2v) is 6.87. The van der Waals surface area contributed by atoms with Crippen molar-refractivity contribution in [3.63, 3.8) is 0 Å². The third-order valence-corrected chi connectivity index (χ3v) is 3.99. The van der Waals surface area contributed by atoms with Crippen molar-refractivity contribution >= 4 is 22.6 Å². The van der Waals surface area contributed by atoms with Gasteiger partial charge in [-0.25, -0.2) is 0 Å². The van der Waals surface area contributed by atoms with Crippen molar-refractivity contribution in [2.24, 2.45) is 5.41 Å². The van der Waals surface area contributed by atoms with Gasteiger partial charge in [0.05, 0.1) is 6.04 Å². The van der Waals surface area contributed by atoms with E-state index in [1.807, 2.05) is 43.8 Å². The molecule has 0 aliphatic heterocycles. The van der Waals surface area contributed by atoms with Gasteiger partial charge in [-0.15, -0.1) is 0 Å². The highest BCUT2D eigenvalue weighted by Gasteiger charge is 2.22. The van der Waals surface area contributed by atoms with Crippen LogP contribution in [0.25, 0.3) is 11.0 Å². The van der Waals surface area contributed by atoms with Crippen LogP contribution in [-0.4, -0.2) is 20.9 Å². The lowest BCUT2D eigenvalue weighted by molar-refractivity contribution is -0.123. The summed E-state index contributed by atoms with van der Waals surface area (Å²) in [4.78, 5) is 13.9. The molecule has 1 aliphatic carbocycles. The van der Waals surface area contributed by atoms with Crippen LogP contribution in [0.5, 0.6) is 0 Å². The fourth-order valence-corrected chi connectivity index (χ4v) is 2.63. The van der Waals surface area contributed by atoms with Crippen molar-refractivity contribution in [3.8, 4) is 0 Å². The maximum atomic E-state index is 12.0. The molecule has 0 atom stereocenters. The molecule has 1 aromatic heterocycles. The molecule has 0 saturated heterocycles. The maximum absolute atomic E-state index is 12.0. The molecule has 0 bridgehead atoms. The van der Waals surface area contributed by atoms with E-state index in [2.05, 4.69) is 15.5 Å². The number of amides is 1. The third kappa shape index (κ3) is 2.91. The minimum atomic E-state index is -0.406. The lowest BCUT2D eigenvalue weighted by Gasteiger charge is -2.17. The monoisotopic (exact) mass is 286 g/mol. The van der Waals surface area contributed by atoms with E-state index in [4.69, 9.17) is 0 Å². The van der Waals surface area contributed by atoms with Gasteiger partial charge in [-0.2, -0.15) is 15.0 Å². The number of rotatable bonds is 2. The average Bonchev–Trinajstić information content (AvgIpc) is 3.05. The lowest BCUT2D eigenvalue weighted by Crippen LogP contribution is -2.27. The summed E-state index contributed by atoms with van der Waals surface area (Å²) in [5, 5.41) is 12.1. The summed E-state index contributed by atoms with van der Waals surface area (Å²) in [7, 11) is 0. The van der Waals surface area contributed by atoms with Crippen LogP contribution in [0.1, 0.15) is 52.5 Å². The Morgan fingerprint density at radius 3 is 2.52 bits per heavy atom. The molecule has 1 heterocycles. The van der Waals surface area contributed by atoms with Gasteiger partial charge in [-0.3, -0.25) is 4.79 Å². The van der Waals surface area contributed by atoms with E-state index in [0.717, 1.165) is 29.6 Å². The minimum absolute atomic E-state index is 0.00466. The zero-order valence-electron chi connectivity index (χ0n) is 12.9. The van der Waals surface area contributed by atoms with E-state index in [1.165, 1.54) is 12.8 Å². The number of nitrogens with one attached hydrogen (secondary N) is 1. The Labute approximate surface area is 124 Å². The van der Waals surface area contributed by atoms with Gasteiger partial charge in [0.2, 0.25) is 5.91 Å². The highest BCUT2D eigenvalue weighted by Crippen LogP contribution is 2.29. The Morgan fingerprint density at radius 1 is 1.19 bits per heavy atom. The molecule has 21 heavy (non-hydrogen) atoms. The van der Waals surface area contributed by atoms with Gasteiger partial charge in [-0.1, -0.05) is 33.6 Å². The summed E-state index contributed by atoms with van der Waals surface area (Å²) in [6.07, 6.45) is 4.84. The zero-order valence-corrected chi connectivity index (χ0v) is 12.9.